The van der Waals surface area contributed by atoms with E-state index in [1.165, 1.54) is 0 Å². The molecule has 0 fully saturated rings. The average Bonchev–Trinajstić information content (AvgIpc) is 2.78. The molecule has 166 valence electrons. The highest BCUT2D eigenvalue weighted by Gasteiger charge is 2.21. The average molecular weight is 456 g/mol. The number of carbonyl (C=O) groups is 2. The topological polar surface area (TPSA) is 99.5 Å². The van der Waals surface area contributed by atoms with Gasteiger partial charge in [0.25, 0.3) is 11.5 Å². The Morgan fingerprint density at radius 3 is 2.53 bits per heavy atom. The second kappa shape index (κ2) is 10.6. The SMILES string of the molecule is CCOC(=O)c1nn(-c2ccccc2Cl)c(=O)cc1OCC(=O)NCc1ccc(C)cc1. The number of carbonyl (C=O) groups excluding carboxylic acids is 2. The molecule has 0 atom stereocenters. The van der Waals surface area contributed by atoms with E-state index >= 15 is 0 Å². The molecule has 0 spiro atoms. The molecule has 0 saturated carbocycles. The lowest BCUT2D eigenvalue weighted by Crippen LogP contribution is -2.30. The number of benzene rings is 2. The normalized spacial score (nSPS) is 10.5. The van der Waals surface area contributed by atoms with Crippen LogP contribution in [0.2, 0.25) is 5.02 Å². The van der Waals surface area contributed by atoms with Crippen LogP contribution in [0, 0.1) is 6.92 Å². The van der Waals surface area contributed by atoms with Crippen LogP contribution >= 0.6 is 11.6 Å². The predicted molar refractivity (Wildman–Crippen MR) is 119 cm³/mol. The number of hydrogen-bond acceptors (Lipinski definition) is 6. The maximum atomic E-state index is 12.6. The highest BCUT2D eigenvalue weighted by atomic mass is 35.5. The van der Waals surface area contributed by atoms with Crippen molar-refractivity contribution in [1.29, 1.82) is 0 Å². The van der Waals surface area contributed by atoms with Gasteiger partial charge in [-0.1, -0.05) is 53.6 Å². The Bertz CT molecular complexity index is 1170. The van der Waals surface area contributed by atoms with Crippen LogP contribution in [0.4, 0.5) is 0 Å². The van der Waals surface area contributed by atoms with Gasteiger partial charge in [-0.05, 0) is 31.5 Å². The fraction of sp³-hybridized carbons (Fsp3) is 0.217. The molecule has 1 heterocycles. The van der Waals surface area contributed by atoms with Gasteiger partial charge in [0.15, 0.2) is 12.4 Å². The minimum atomic E-state index is -0.789. The molecule has 0 unspecified atom stereocenters. The molecule has 1 N–H and O–H groups in total. The molecule has 0 radical (unpaired) electrons. The number of para-hydroxylation sites is 1. The van der Waals surface area contributed by atoms with Crippen LogP contribution in [0.25, 0.3) is 5.69 Å². The van der Waals surface area contributed by atoms with E-state index < -0.39 is 24.0 Å². The van der Waals surface area contributed by atoms with Gasteiger partial charge >= 0.3 is 5.97 Å². The smallest absolute Gasteiger partial charge is 0.362 e. The highest BCUT2D eigenvalue weighted by molar-refractivity contribution is 6.32. The lowest BCUT2D eigenvalue weighted by atomic mass is 10.1. The minimum Gasteiger partial charge on any atom is -0.481 e. The van der Waals surface area contributed by atoms with Crippen molar-refractivity contribution in [3.05, 3.63) is 86.8 Å². The van der Waals surface area contributed by atoms with Crippen molar-refractivity contribution < 1.29 is 19.1 Å². The lowest BCUT2D eigenvalue weighted by Gasteiger charge is -2.13. The first-order valence-corrected chi connectivity index (χ1v) is 10.3. The van der Waals surface area contributed by atoms with Crippen LogP contribution in [0.3, 0.4) is 0 Å². The van der Waals surface area contributed by atoms with Crippen LogP contribution in [0.15, 0.2) is 59.4 Å². The number of esters is 1. The van der Waals surface area contributed by atoms with Gasteiger partial charge in [0.1, 0.15) is 0 Å². The Labute approximate surface area is 189 Å². The summed E-state index contributed by atoms with van der Waals surface area (Å²) in [4.78, 5) is 37.2. The van der Waals surface area contributed by atoms with E-state index in [0.717, 1.165) is 21.9 Å². The molecule has 2 aromatic carbocycles. The Kier molecular flexibility index (Phi) is 7.62. The molecular weight excluding hydrogens is 434 g/mol. The maximum Gasteiger partial charge on any atom is 0.362 e. The first-order chi connectivity index (χ1) is 15.4. The summed E-state index contributed by atoms with van der Waals surface area (Å²) in [5.41, 5.74) is 1.53. The number of rotatable bonds is 8. The fourth-order valence-corrected chi connectivity index (χ4v) is 3.00. The van der Waals surface area contributed by atoms with E-state index in [1.807, 2.05) is 31.2 Å². The van der Waals surface area contributed by atoms with Crippen molar-refractivity contribution in [3.63, 3.8) is 0 Å². The number of aryl methyl sites for hydroxylation is 1. The third-order valence-electron chi connectivity index (χ3n) is 4.42. The van der Waals surface area contributed by atoms with Gasteiger partial charge in [-0.3, -0.25) is 9.59 Å². The Hall–Kier alpha value is -3.65. The van der Waals surface area contributed by atoms with Crippen LogP contribution in [-0.4, -0.2) is 34.9 Å². The Balaban J connectivity index is 1.78. The summed E-state index contributed by atoms with van der Waals surface area (Å²) in [7, 11) is 0. The summed E-state index contributed by atoms with van der Waals surface area (Å²) in [6, 6.07) is 15.4. The van der Waals surface area contributed by atoms with Crippen molar-refractivity contribution >= 4 is 23.5 Å². The summed E-state index contributed by atoms with van der Waals surface area (Å²) in [5.74, 6) is -1.36. The second-order valence-electron chi connectivity index (χ2n) is 6.83. The monoisotopic (exact) mass is 455 g/mol. The first-order valence-electron chi connectivity index (χ1n) is 9.90. The van der Waals surface area contributed by atoms with E-state index in [1.54, 1.807) is 31.2 Å². The maximum absolute atomic E-state index is 12.6. The molecule has 0 saturated heterocycles. The van der Waals surface area contributed by atoms with Gasteiger partial charge in [0.05, 0.1) is 23.4 Å². The number of ether oxygens (including phenoxy) is 2. The van der Waals surface area contributed by atoms with Crippen molar-refractivity contribution in [2.45, 2.75) is 20.4 Å². The number of nitrogens with zero attached hydrogens (tertiary/aromatic N) is 2. The van der Waals surface area contributed by atoms with E-state index in [4.69, 9.17) is 21.1 Å². The van der Waals surface area contributed by atoms with E-state index in [0.29, 0.717) is 12.2 Å². The van der Waals surface area contributed by atoms with Crippen LogP contribution in [0.1, 0.15) is 28.5 Å². The second-order valence-corrected chi connectivity index (χ2v) is 7.24. The molecule has 8 nitrogen and oxygen atoms in total. The summed E-state index contributed by atoms with van der Waals surface area (Å²) < 4.78 is 11.5. The first kappa shape index (κ1) is 23.0. The van der Waals surface area contributed by atoms with E-state index in [2.05, 4.69) is 10.4 Å². The Morgan fingerprint density at radius 2 is 1.84 bits per heavy atom. The summed E-state index contributed by atoms with van der Waals surface area (Å²) in [5, 5.41) is 7.09. The molecule has 1 aromatic heterocycles. The van der Waals surface area contributed by atoms with E-state index in [9.17, 15) is 14.4 Å². The highest BCUT2D eigenvalue weighted by Crippen LogP contribution is 2.20. The molecule has 32 heavy (non-hydrogen) atoms. The molecule has 1 amide bonds. The predicted octanol–water partition coefficient (Wildman–Crippen LogP) is 3.07. The zero-order chi connectivity index (χ0) is 23.1. The van der Waals surface area contributed by atoms with Gasteiger partial charge in [0, 0.05) is 6.54 Å². The standard InChI is InChI=1S/C23H22ClN3O5/c1-3-31-23(30)22-19(12-21(29)27(26-22)18-7-5-4-6-17(18)24)32-14-20(28)25-13-16-10-8-15(2)9-11-16/h4-12H,3,13-14H2,1-2H3,(H,25,28). The zero-order valence-corrected chi connectivity index (χ0v) is 18.4. The summed E-state index contributed by atoms with van der Waals surface area (Å²) in [6.07, 6.45) is 0. The molecule has 3 aromatic rings. The largest absolute Gasteiger partial charge is 0.481 e. The van der Waals surface area contributed by atoms with Gasteiger partial charge in [-0.25, -0.2) is 4.79 Å². The van der Waals surface area contributed by atoms with Crippen LogP contribution < -0.4 is 15.6 Å². The Morgan fingerprint density at radius 1 is 1.12 bits per heavy atom. The van der Waals surface area contributed by atoms with Crippen molar-refractivity contribution in [2.75, 3.05) is 13.2 Å². The third kappa shape index (κ3) is 5.73. The fourth-order valence-electron chi connectivity index (χ4n) is 2.79. The quantitative estimate of drug-likeness (QED) is 0.524. The molecule has 9 heteroatoms. The lowest BCUT2D eigenvalue weighted by molar-refractivity contribution is -0.123. The van der Waals surface area contributed by atoms with E-state index in [-0.39, 0.29) is 23.1 Å². The van der Waals surface area contributed by atoms with Gasteiger partial charge in [0.2, 0.25) is 5.69 Å². The molecule has 0 aliphatic heterocycles. The molecule has 0 aliphatic carbocycles. The number of nitrogens with one attached hydrogen (secondary N) is 1. The molecular formula is C23H22ClN3O5. The summed E-state index contributed by atoms with van der Waals surface area (Å²) >= 11 is 6.16. The molecule has 0 aliphatic rings. The zero-order valence-electron chi connectivity index (χ0n) is 17.6. The summed E-state index contributed by atoms with van der Waals surface area (Å²) in [6.45, 7) is 3.63. The third-order valence-corrected chi connectivity index (χ3v) is 4.73. The van der Waals surface area contributed by atoms with Gasteiger partial charge in [-0.2, -0.15) is 9.78 Å². The van der Waals surface area contributed by atoms with Gasteiger partial charge < -0.3 is 14.8 Å². The van der Waals surface area contributed by atoms with Crippen molar-refractivity contribution in [1.82, 2.24) is 15.1 Å². The minimum absolute atomic E-state index is 0.0994. The van der Waals surface area contributed by atoms with Crippen molar-refractivity contribution in [2.24, 2.45) is 0 Å². The van der Waals surface area contributed by atoms with Crippen molar-refractivity contribution in [3.8, 4) is 11.4 Å². The number of hydrogen-bond donors (Lipinski definition) is 1. The molecule has 0 bridgehead atoms. The number of halogens is 1. The van der Waals surface area contributed by atoms with Gasteiger partial charge in [-0.15, -0.1) is 0 Å². The number of amides is 1. The number of aromatic nitrogens is 2. The van der Waals surface area contributed by atoms with Crippen LogP contribution in [-0.2, 0) is 16.1 Å². The molecule has 3 rings (SSSR count). The van der Waals surface area contributed by atoms with Crippen LogP contribution in [0.5, 0.6) is 5.75 Å².